The molecule has 1 aromatic carbocycles. The molecule has 6 nitrogen and oxygen atoms in total. The first-order valence-corrected chi connectivity index (χ1v) is 10.7. The number of rotatable bonds is 6. The molecule has 9 heteroatoms. The zero-order valence-corrected chi connectivity index (χ0v) is 16.6. The summed E-state index contributed by atoms with van der Waals surface area (Å²) in [4.78, 5) is 5.48. The summed E-state index contributed by atoms with van der Waals surface area (Å²) in [5.41, 5.74) is 0.471. The molecule has 1 atom stereocenters. The van der Waals surface area contributed by atoms with Crippen LogP contribution in [-0.2, 0) is 0 Å². The summed E-state index contributed by atoms with van der Waals surface area (Å²) in [6.45, 7) is 1.99. The van der Waals surface area contributed by atoms with Crippen LogP contribution in [0.5, 0.6) is 0 Å². The van der Waals surface area contributed by atoms with Gasteiger partial charge in [-0.2, -0.15) is 4.98 Å². The summed E-state index contributed by atoms with van der Waals surface area (Å²) in [5, 5.41) is 15.3. The van der Waals surface area contributed by atoms with Crippen LogP contribution in [0.1, 0.15) is 36.9 Å². The summed E-state index contributed by atoms with van der Waals surface area (Å²) in [7, 11) is 0. The van der Waals surface area contributed by atoms with Crippen LogP contribution < -0.4 is 0 Å². The fourth-order valence-electron chi connectivity index (χ4n) is 2.96. The van der Waals surface area contributed by atoms with Crippen molar-refractivity contribution in [2.45, 2.75) is 36.2 Å². The Balaban J connectivity index is 1.43. The molecule has 5 rings (SSSR count). The summed E-state index contributed by atoms with van der Waals surface area (Å²) in [6.07, 6.45) is 2.09. The topological polar surface area (TPSA) is 69.6 Å². The number of nitrogens with zero attached hydrogens (tertiary/aromatic N) is 5. The normalized spacial score (nSPS) is 15.1. The molecule has 1 fully saturated rings. The first-order valence-electron chi connectivity index (χ1n) is 8.94. The SMILES string of the molecule is CC(Sc1nnc(-c2ccccc2F)n1C1CC1)c1nc(-c2cccs2)no1. The van der Waals surface area contributed by atoms with Crippen molar-refractivity contribution in [1.29, 1.82) is 0 Å². The van der Waals surface area contributed by atoms with Crippen LogP contribution in [-0.4, -0.2) is 24.9 Å². The van der Waals surface area contributed by atoms with Crippen LogP contribution in [0.4, 0.5) is 4.39 Å². The van der Waals surface area contributed by atoms with Gasteiger partial charge in [0.1, 0.15) is 5.82 Å². The maximum absolute atomic E-state index is 14.3. The minimum Gasteiger partial charge on any atom is -0.338 e. The number of thioether (sulfide) groups is 1. The summed E-state index contributed by atoms with van der Waals surface area (Å²) in [6, 6.07) is 10.9. The highest BCUT2D eigenvalue weighted by Gasteiger charge is 2.32. The van der Waals surface area contributed by atoms with E-state index in [1.54, 1.807) is 23.5 Å². The predicted molar refractivity (Wildman–Crippen MR) is 106 cm³/mol. The Hall–Kier alpha value is -2.52. The van der Waals surface area contributed by atoms with Gasteiger partial charge in [-0.25, -0.2) is 4.39 Å². The van der Waals surface area contributed by atoms with Gasteiger partial charge in [0.25, 0.3) is 0 Å². The smallest absolute Gasteiger partial charge is 0.240 e. The van der Waals surface area contributed by atoms with E-state index in [0.717, 1.165) is 22.9 Å². The largest absolute Gasteiger partial charge is 0.338 e. The minimum atomic E-state index is -0.293. The lowest BCUT2D eigenvalue weighted by Crippen LogP contribution is -2.02. The van der Waals surface area contributed by atoms with Crippen molar-refractivity contribution >= 4 is 23.1 Å². The van der Waals surface area contributed by atoms with E-state index in [1.807, 2.05) is 35.1 Å². The van der Waals surface area contributed by atoms with Crippen LogP contribution in [0.3, 0.4) is 0 Å². The second-order valence-corrected chi connectivity index (χ2v) is 8.84. The molecular weight excluding hydrogens is 397 g/mol. The van der Waals surface area contributed by atoms with Crippen LogP contribution >= 0.6 is 23.1 Å². The number of hydrogen-bond donors (Lipinski definition) is 0. The zero-order chi connectivity index (χ0) is 19.1. The molecule has 0 aliphatic heterocycles. The van der Waals surface area contributed by atoms with Gasteiger partial charge in [-0.1, -0.05) is 35.1 Å². The first kappa shape index (κ1) is 17.6. The molecule has 142 valence electrons. The third-order valence-corrected chi connectivity index (χ3v) is 6.41. The molecule has 3 heterocycles. The average molecular weight is 414 g/mol. The van der Waals surface area contributed by atoms with E-state index >= 15 is 0 Å². The molecule has 1 aliphatic rings. The number of halogens is 1. The number of thiophene rings is 1. The van der Waals surface area contributed by atoms with Gasteiger partial charge in [0.15, 0.2) is 11.0 Å². The Morgan fingerprint density at radius 3 is 2.82 bits per heavy atom. The zero-order valence-electron chi connectivity index (χ0n) is 14.9. The quantitative estimate of drug-likeness (QED) is 0.395. The Labute approximate surface area is 168 Å². The van der Waals surface area contributed by atoms with E-state index in [0.29, 0.717) is 29.1 Å². The number of aromatic nitrogens is 5. The van der Waals surface area contributed by atoms with E-state index in [9.17, 15) is 4.39 Å². The first-order chi connectivity index (χ1) is 13.7. The molecule has 4 aromatic rings. The summed E-state index contributed by atoms with van der Waals surface area (Å²) in [5.74, 6) is 1.40. The lowest BCUT2D eigenvalue weighted by Gasteiger charge is -2.11. The molecule has 0 amide bonds. The van der Waals surface area contributed by atoms with Gasteiger partial charge >= 0.3 is 0 Å². The molecule has 1 saturated carbocycles. The number of benzene rings is 1. The summed E-state index contributed by atoms with van der Waals surface area (Å²) < 4.78 is 21.8. The van der Waals surface area contributed by atoms with Crippen LogP contribution in [0.25, 0.3) is 22.1 Å². The van der Waals surface area contributed by atoms with Crippen molar-refractivity contribution in [2.75, 3.05) is 0 Å². The Kier molecular flexibility index (Phi) is 4.48. The Morgan fingerprint density at radius 2 is 2.07 bits per heavy atom. The fraction of sp³-hybridized carbons (Fsp3) is 0.263. The van der Waals surface area contributed by atoms with Crippen molar-refractivity contribution in [3.05, 3.63) is 53.5 Å². The van der Waals surface area contributed by atoms with Crippen molar-refractivity contribution in [3.63, 3.8) is 0 Å². The highest BCUT2D eigenvalue weighted by atomic mass is 32.2. The van der Waals surface area contributed by atoms with Gasteiger partial charge in [-0.3, -0.25) is 4.57 Å². The second-order valence-electron chi connectivity index (χ2n) is 6.58. The minimum absolute atomic E-state index is 0.101. The van der Waals surface area contributed by atoms with Crippen molar-refractivity contribution < 1.29 is 8.91 Å². The predicted octanol–water partition coefficient (Wildman–Crippen LogP) is 5.38. The van der Waals surface area contributed by atoms with Gasteiger partial charge in [-0.15, -0.1) is 21.5 Å². The van der Waals surface area contributed by atoms with Gasteiger partial charge in [-0.05, 0) is 43.3 Å². The van der Waals surface area contributed by atoms with E-state index in [4.69, 9.17) is 4.52 Å². The second kappa shape index (κ2) is 7.14. The van der Waals surface area contributed by atoms with E-state index < -0.39 is 0 Å². The Bertz CT molecular complexity index is 1100. The fourth-order valence-corrected chi connectivity index (χ4v) is 4.56. The van der Waals surface area contributed by atoms with Crippen LogP contribution in [0.15, 0.2) is 51.5 Å². The highest BCUT2D eigenvalue weighted by Crippen LogP contribution is 2.44. The molecule has 0 saturated heterocycles. The average Bonchev–Trinajstić information content (AvgIpc) is 3.12. The monoisotopic (exact) mass is 413 g/mol. The van der Waals surface area contributed by atoms with Gasteiger partial charge < -0.3 is 4.52 Å². The van der Waals surface area contributed by atoms with Gasteiger partial charge in [0, 0.05) is 6.04 Å². The van der Waals surface area contributed by atoms with Crippen LogP contribution in [0.2, 0.25) is 0 Å². The van der Waals surface area contributed by atoms with Crippen LogP contribution in [0, 0.1) is 5.82 Å². The summed E-state index contributed by atoms with van der Waals surface area (Å²) >= 11 is 3.07. The lowest BCUT2D eigenvalue weighted by atomic mass is 10.2. The molecule has 0 N–H and O–H groups in total. The van der Waals surface area contributed by atoms with Crippen molar-refractivity contribution in [1.82, 2.24) is 24.9 Å². The van der Waals surface area contributed by atoms with Crippen molar-refractivity contribution in [3.8, 4) is 22.1 Å². The van der Waals surface area contributed by atoms with E-state index in [2.05, 4.69) is 20.3 Å². The molecule has 3 aromatic heterocycles. The molecule has 28 heavy (non-hydrogen) atoms. The highest BCUT2D eigenvalue weighted by molar-refractivity contribution is 7.99. The molecule has 0 radical (unpaired) electrons. The third-order valence-electron chi connectivity index (χ3n) is 4.50. The molecule has 1 unspecified atom stereocenters. The van der Waals surface area contributed by atoms with Crippen molar-refractivity contribution in [2.24, 2.45) is 0 Å². The van der Waals surface area contributed by atoms with E-state index in [-0.39, 0.29) is 11.1 Å². The molecular formula is C19H16FN5OS2. The third kappa shape index (κ3) is 3.24. The molecule has 0 bridgehead atoms. The maximum Gasteiger partial charge on any atom is 0.240 e. The van der Waals surface area contributed by atoms with Gasteiger partial charge in [0.2, 0.25) is 11.7 Å². The molecule has 0 spiro atoms. The lowest BCUT2D eigenvalue weighted by molar-refractivity contribution is 0.380. The molecule has 1 aliphatic carbocycles. The standard InChI is InChI=1S/C19H16FN5OS2/c1-11(18-21-16(24-26-18)15-7-4-10-27-15)28-19-23-22-17(25(19)12-8-9-12)13-5-2-3-6-14(13)20/h2-7,10-12H,8-9H2,1H3. The van der Waals surface area contributed by atoms with Gasteiger partial charge in [0.05, 0.1) is 15.7 Å². The number of hydrogen-bond acceptors (Lipinski definition) is 7. The van der Waals surface area contributed by atoms with E-state index in [1.165, 1.54) is 17.8 Å². The maximum atomic E-state index is 14.3. The Morgan fingerprint density at radius 1 is 1.21 bits per heavy atom.